The maximum atomic E-state index is 5.57. The van der Waals surface area contributed by atoms with E-state index in [9.17, 15) is 0 Å². The number of rotatable bonds is 5. The van der Waals surface area contributed by atoms with Crippen LogP contribution >= 0.6 is 11.8 Å². The molecule has 0 atom stereocenters. The molecule has 0 aliphatic heterocycles. The fourth-order valence-electron chi connectivity index (χ4n) is 1.07. The predicted molar refractivity (Wildman–Crippen MR) is 59.7 cm³/mol. The quantitative estimate of drug-likeness (QED) is 0.669. The standard InChI is InChI=1S/C11H16OS/c1-3-13-8-7-12-11-6-4-5-10(2)9-11/h4-6,9H,3,7-8H2,1-2H3. The fourth-order valence-corrected chi connectivity index (χ4v) is 1.56. The van der Waals surface area contributed by atoms with Gasteiger partial charge in [0.1, 0.15) is 5.75 Å². The summed E-state index contributed by atoms with van der Waals surface area (Å²) in [5, 5.41) is 0. The molecule has 0 heterocycles. The van der Waals surface area contributed by atoms with Crippen molar-refractivity contribution < 1.29 is 4.74 Å². The lowest BCUT2D eigenvalue weighted by molar-refractivity contribution is 0.344. The molecule has 0 spiro atoms. The zero-order valence-corrected chi connectivity index (χ0v) is 9.06. The van der Waals surface area contributed by atoms with Crippen LogP contribution in [-0.4, -0.2) is 18.1 Å². The lowest BCUT2D eigenvalue weighted by atomic mass is 10.2. The van der Waals surface area contributed by atoms with E-state index in [4.69, 9.17) is 4.74 Å². The van der Waals surface area contributed by atoms with Crippen LogP contribution in [0.4, 0.5) is 0 Å². The summed E-state index contributed by atoms with van der Waals surface area (Å²) in [6, 6.07) is 8.17. The molecule has 0 saturated carbocycles. The number of benzene rings is 1. The van der Waals surface area contributed by atoms with Crippen LogP contribution < -0.4 is 4.74 Å². The monoisotopic (exact) mass is 196 g/mol. The van der Waals surface area contributed by atoms with Gasteiger partial charge in [0.05, 0.1) is 6.61 Å². The lowest BCUT2D eigenvalue weighted by Gasteiger charge is -2.05. The van der Waals surface area contributed by atoms with Gasteiger partial charge in [0.15, 0.2) is 0 Å². The largest absolute Gasteiger partial charge is 0.493 e. The molecule has 0 fully saturated rings. The van der Waals surface area contributed by atoms with Crippen molar-refractivity contribution in [2.75, 3.05) is 18.1 Å². The van der Waals surface area contributed by atoms with Crippen LogP contribution in [0.15, 0.2) is 24.3 Å². The Morgan fingerprint density at radius 3 is 2.92 bits per heavy atom. The Kier molecular flexibility index (Phi) is 4.76. The molecule has 1 aromatic rings. The molecular weight excluding hydrogens is 180 g/mol. The van der Waals surface area contributed by atoms with Gasteiger partial charge in [-0.2, -0.15) is 11.8 Å². The first-order chi connectivity index (χ1) is 6.33. The van der Waals surface area contributed by atoms with E-state index in [1.54, 1.807) is 0 Å². The van der Waals surface area contributed by atoms with Gasteiger partial charge in [-0.1, -0.05) is 19.1 Å². The first-order valence-corrected chi connectivity index (χ1v) is 5.75. The maximum Gasteiger partial charge on any atom is 0.119 e. The predicted octanol–water partition coefficient (Wildman–Crippen LogP) is 3.13. The van der Waals surface area contributed by atoms with Crippen LogP contribution in [0.3, 0.4) is 0 Å². The Morgan fingerprint density at radius 1 is 1.38 bits per heavy atom. The molecule has 2 heteroatoms. The van der Waals surface area contributed by atoms with Crippen LogP contribution in [0.25, 0.3) is 0 Å². The number of hydrogen-bond acceptors (Lipinski definition) is 2. The summed E-state index contributed by atoms with van der Waals surface area (Å²) >= 11 is 1.91. The van der Waals surface area contributed by atoms with Crippen LogP contribution in [0, 0.1) is 6.92 Å². The Bertz CT molecular complexity index is 248. The van der Waals surface area contributed by atoms with Crippen molar-refractivity contribution in [3.63, 3.8) is 0 Å². The molecule has 13 heavy (non-hydrogen) atoms. The third kappa shape index (κ3) is 4.23. The molecule has 0 bridgehead atoms. The third-order valence-electron chi connectivity index (χ3n) is 1.69. The van der Waals surface area contributed by atoms with E-state index in [2.05, 4.69) is 26.0 Å². The second-order valence-electron chi connectivity index (χ2n) is 2.86. The van der Waals surface area contributed by atoms with Crippen molar-refractivity contribution in [3.05, 3.63) is 29.8 Å². The van der Waals surface area contributed by atoms with Gasteiger partial charge >= 0.3 is 0 Å². The van der Waals surface area contributed by atoms with Crippen molar-refractivity contribution in [2.45, 2.75) is 13.8 Å². The van der Waals surface area contributed by atoms with Gasteiger partial charge in [-0.15, -0.1) is 0 Å². The molecule has 0 aliphatic carbocycles. The second-order valence-corrected chi connectivity index (χ2v) is 4.26. The van der Waals surface area contributed by atoms with Crippen molar-refractivity contribution in [3.8, 4) is 5.75 Å². The molecule has 0 unspecified atom stereocenters. The van der Waals surface area contributed by atoms with E-state index < -0.39 is 0 Å². The van der Waals surface area contributed by atoms with Gasteiger partial charge in [0.25, 0.3) is 0 Å². The third-order valence-corrected chi connectivity index (χ3v) is 2.55. The zero-order chi connectivity index (χ0) is 9.52. The van der Waals surface area contributed by atoms with Crippen molar-refractivity contribution in [1.82, 2.24) is 0 Å². The zero-order valence-electron chi connectivity index (χ0n) is 8.25. The molecule has 1 aromatic carbocycles. The second kappa shape index (κ2) is 5.92. The topological polar surface area (TPSA) is 9.23 Å². The average molecular weight is 196 g/mol. The minimum Gasteiger partial charge on any atom is -0.493 e. The van der Waals surface area contributed by atoms with Crippen LogP contribution in [0.5, 0.6) is 5.75 Å². The summed E-state index contributed by atoms with van der Waals surface area (Å²) in [4.78, 5) is 0. The first kappa shape index (κ1) is 10.5. The summed E-state index contributed by atoms with van der Waals surface area (Å²) in [5.41, 5.74) is 1.25. The highest BCUT2D eigenvalue weighted by Gasteiger charge is 1.92. The van der Waals surface area contributed by atoms with E-state index in [0.29, 0.717) is 0 Å². The Labute approximate surface area is 84.5 Å². The molecule has 0 aliphatic rings. The molecule has 0 saturated heterocycles. The van der Waals surface area contributed by atoms with E-state index in [0.717, 1.165) is 23.9 Å². The Balaban J connectivity index is 2.28. The van der Waals surface area contributed by atoms with Gasteiger partial charge in [-0.3, -0.25) is 0 Å². The molecule has 0 N–H and O–H groups in total. The Morgan fingerprint density at radius 2 is 2.23 bits per heavy atom. The number of ether oxygens (including phenoxy) is 1. The van der Waals surface area contributed by atoms with Gasteiger partial charge in [-0.05, 0) is 30.4 Å². The maximum absolute atomic E-state index is 5.57. The summed E-state index contributed by atoms with van der Waals surface area (Å²) in [7, 11) is 0. The van der Waals surface area contributed by atoms with Gasteiger partial charge in [-0.25, -0.2) is 0 Å². The highest BCUT2D eigenvalue weighted by Crippen LogP contribution is 2.12. The smallest absolute Gasteiger partial charge is 0.119 e. The normalized spacial score (nSPS) is 10.0. The first-order valence-electron chi connectivity index (χ1n) is 4.60. The van der Waals surface area contributed by atoms with Crippen molar-refractivity contribution in [2.24, 2.45) is 0 Å². The van der Waals surface area contributed by atoms with E-state index >= 15 is 0 Å². The number of hydrogen-bond donors (Lipinski definition) is 0. The van der Waals surface area contributed by atoms with Gasteiger partial charge in [0.2, 0.25) is 0 Å². The van der Waals surface area contributed by atoms with Gasteiger partial charge in [0, 0.05) is 5.75 Å². The fraction of sp³-hybridized carbons (Fsp3) is 0.455. The van der Waals surface area contributed by atoms with Crippen LogP contribution in [-0.2, 0) is 0 Å². The molecule has 1 nitrogen and oxygen atoms in total. The molecule has 72 valence electrons. The van der Waals surface area contributed by atoms with Crippen LogP contribution in [0.2, 0.25) is 0 Å². The van der Waals surface area contributed by atoms with E-state index in [1.807, 2.05) is 23.9 Å². The molecule has 0 amide bonds. The molecule has 0 aromatic heterocycles. The average Bonchev–Trinajstić information content (AvgIpc) is 2.13. The van der Waals surface area contributed by atoms with Gasteiger partial charge < -0.3 is 4.74 Å². The minimum atomic E-state index is 0.808. The summed E-state index contributed by atoms with van der Waals surface area (Å²) < 4.78 is 5.57. The Hall–Kier alpha value is -0.630. The molecule has 0 radical (unpaired) electrons. The summed E-state index contributed by atoms with van der Waals surface area (Å²) in [6.07, 6.45) is 0. The highest BCUT2D eigenvalue weighted by molar-refractivity contribution is 7.99. The van der Waals surface area contributed by atoms with Crippen LogP contribution in [0.1, 0.15) is 12.5 Å². The summed E-state index contributed by atoms with van der Waals surface area (Å²) in [5.74, 6) is 3.22. The van der Waals surface area contributed by atoms with Crippen molar-refractivity contribution in [1.29, 1.82) is 0 Å². The van der Waals surface area contributed by atoms with Crippen molar-refractivity contribution >= 4 is 11.8 Å². The lowest BCUT2D eigenvalue weighted by Crippen LogP contribution is -2.00. The molecular formula is C11H16OS. The number of thioether (sulfide) groups is 1. The highest BCUT2D eigenvalue weighted by atomic mass is 32.2. The van der Waals surface area contributed by atoms with E-state index in [1.165, 1.54) is 5.56 Å². The number of aryl methyl sites for hydroxylation is 1. The minimum absolute atomic E-state index is 0.808. The summed E-state index contributed by atoms with van der Waals surface area (Å²) in [6.45, 7) is 5.05. The SMILES string of the molecule is CCSCCOc1cccc(C)c1. The van der Waals surface area contributed by atoms with E-state index in [-0.39, 0.29) is 0 Å². The molecule has 1 rings (SSSR count).